The molecule has 0 aromatic heterocycles. The summed E-state index contributed by atoms with van der Waals surface area (Å²) >= 11 is 0. The van der Waals surface area contributed by atoms with Crippen LogP contribution in [0, 0.1) is 0 Å². The Labute approximate surface area is 96.5 Å². The fourth-order valence-corrected chi connectivity index (χ4v) is 1.87. The molecule has 0 radical (unpaired) electrons. The van der Waals surface area contributed by atoms with Crippen molar-refractivity contribution < 1.29 is 19.7 Å². The Hall–Kier alpha value is -0.200. The lowest BCUT2D eigenvalue weighted by atomic mass is 10.1. The first-order valence-electron chi connectivity index (χ1n) is 6.02. The average molecular weight is 233 g/mol. The Morgan fingerprint density at radius 3 is 2.75 bits per heavy atom. The molecule has 3 unspecified atom stereocenters. The Morgan fingerprint density at radius 2 is 2.06 bits per heavy atom. The van der Waals surface area contributed by atoms with Crippen molar-refractivity contribution in [2.24, 2.45) is 5.73 Å². The molecule has 1 heterocycles. The summed E-state index contributed by atoms with van der Waals surface area (Å²) < 4.78 is 10.8. The van der Waals surface area contributed by atoms with E-state index in [1.54, 1.807) is 0 Å². The average Bonchev–Trinajstić information content (AvgIpc) is 2.28. The van der Waals surface area contributed by atoms with Crippen LogP contribution in [0.1, 0.15) is 32.1 Å². The molecular weight excluding hydrogens is 210 g/mol. The third-order valence-corrected chi connectivity index (χ3v) is 2.75. The SMILES string of the molecule is NCCCCCOC1CC(O)OC(CO)C1. The minimum atomic E-state index is -0.806. The van der Waals surface area contributed by atoms with E-state index in [4.69, 9.17) is 20.3 Å². The standard InChI is InChI=1S/C11H23NO4/c12-4-2-1-3-5-15-9-6-10(8-13)16-11(14)7-9/h9-11,13-14H,1-8,12H2. The summed E-state index contributed by atoms with van der Waals surface area (Å²) in [7, 11) is 0. The van der Waals surface area contributed by atoms with E-state index in [1.807, 2.05) is 0 Å². The summed E-state index contributed by atoms with van der Waals surface area (Å²) in [5.74, 6) is 0. The van der Waals surface area contributed by atoms with Crippen LogP contribution in [0.25, 0.3) is 0 Å². The molecular formula is C11H23NO4. The number of unbranched alkanes of at least 4 members (excludes halogenated alkanes) is 2. The topological polar surface area (TPSA) is 84.9 Å². The maximum atomic E-state index is 9.39. The molecule has 0 aromatic carbocycles. The highest BCUT2D eigenvalue weighted by Crippen LogP contribution is 2.20. The van der Waals surface area contributed by atoms with Gasteiger partial charge in [-0.2, -0.15) is 0 Å². The highest BCUT2D eigenvalue weighted by molar-refractivity contribution is 4.73. The number of ether oxygens (including phenoxy) is 2. The van der Waals surface area contributed by atoms with E-state index < -0.39 is 6.29 Å². The number of aliphatic hydroxyl groups excluding tert-OH is 2. The van der Waals surface area contributed by atoms with E-state index in [0.29, 0.717) is 19.4 Å². The van der Waals surface area contributed by atoms with Gasteiger partial charge in [0.1, 0.15) is 0 Å². The van der Waals surface area contributed by atoms with Crippen LogP contribution in [0.15, 0.2) is 0 Å². The molecule has 1 aliphatic rings. The maximum Gasteiger partial charge on any atom is 0.157 e. The molecule has 16 heavy (non-hydrogen) atoms. The molecule has 1 saturated heterocycles. The molecule has 4 N–H and O–H groups in total. The van der Waals surface area contributed by atoms with E-state index >= 15 is 0 Å². The molecule has 0 aromatic rings. The van der Waals surface area contributed by atoms with Crippen molar-refractivity contribution in [3.63, 3.8) is 0 Å². The number of rotatable bonds is 7. The van der Waals surface area contributed by atoms with Gasteiger partial charge in [-0.25, -0.2) is 0 Å². The van der Waals surface area contributed by atoms with Gasteiger partial charge in [0.2, 0.25) is 0 Å². The Morgan fingerprint density at radius 1 is 1.25 bits per heavy atom. The lowest BCUT2D eigenvalue weighted by molar-refractivity contribution is -0.205. The van der Waals surface area contributed by atoms with Crippen molar-refractivity contribution in [1.82, 2.24) is 0 Å². The highest BCUT2D eigenvalue weighted by Gasteiger charge is 2.28. The third-order valence-electron chi connectivity index (χ3n) is 2.75. The Kier molecular flexibility index (Phi) is 6.91. The molecule has 5 nitrogen and oxygen atoms in total. The molecule has 1 rings (SSSR count). The summed E-state index contributed by atoms with van der Waals surface area (Å²) in [6.07, 6.45) is 3.15. The van der Waals surface area contributed by atoms with Crippen LogP contribution < -0.4 is 5.73 Å². The Balaban J connectivity index is 2.10. The first-order chi connectivity index (χ1) is 7.76. The molecule has 96 valence electrons. The summed E-state index contributed by atoms with van der Waals surface area (Å²) in [5, 5.41) is 18.4. The van der Waals surface area contributed by atoms with E-state index in [1.165, 1.54) is 0 Å². The van der Waals surface area contributed by atoms with Crippen molar-refractivity contribution in [1.29, 1.82) is 0 Å². The van der Waals surface area contributed by atoms with Crippen molar-refractivity contribution in [3.8, 4) is 0 Å². The fraction of sp³-hybridized carbons (Fsp3) is 1.00. The van der Waals surface area contributed by atoms with Crippen molar-refractivity contribution in [2.75, 3.05) is 19.8 Å². The predicted octanol–water partition coefficient (Wildman–Crippen LogP) is -0.00970. The van der Waals surface area contributed by atoms with Gasteiger partial charge in [-0.3, -0.25) is 0 Å². The predicted molar refractivity (Wildman–Crippen MR) is 59.8 cm³/mol. The summed E-state index contributed by atoms with van der Waals surface area (Å²) in [6.45, 7) is 1.35. The van der Waals surface area contributed by atoms with E-state index in [2.05, 4.69) is 0 Å². The second-order valence-electron chi connectivity index (χ2n) is 4.21. The zero-order chi connectivity index (χ0) is 11.8. The molecule has 0 bridgehead atoms. The number of nitrogens with two attached hydrogens (primary N) is 1. The summed E-state index contributed by atoms with van der Waals surface area (Å²) in [6, 6.07) is 0. The van der Waals surface area contributed by atoms with Crippen LogP contribution >= 0.6 is 0 Å². The van der Waals surface area contributed by atoms with Gasteiger partial charge < -0.3 is 25.4 Å². The van der Waals surface area contributed by atoms with Crippen molar-refractivity contribution >= 4 is 0 Å². The monoisotopic (exact) mass is 233 g/mol. The number of aliphatic hydroxyl groups is 2. The third kappa shape index (κ3) is 5.23. The van der Waals surface area contributed by atoms with Crippen LogP contribution in [0.3, 0.4) is 0 Å². The molecule has 1 aliphatic heterocycles. The van der Waals surface area contributed by atoms with Crippen LogP contribution in [0.2, 0.25) is 0 Å². The van der Waals surface area contributed by atoms with Crippen molar-refractivity contribution in [2.45, 2.75) is 50.6 Å². The van der Waals surface area contributed by atoms with Gasteiger partial charge in [0.25, 0.3) is 0 Å². The van der Waals surface area contributed by atoms with Gasteiger partial charge in [0, 0.05) is 19.4 Å². The van der Waals surface area contributed by atoms with Gasteiger partial charge in [0.15, 0.2) is 6.29 Å². The van der Waals surface area contributed by atoms with Crippen LogP contribution in [-0.4, -0.2) is 48.5 Å². The van der Waals surface area contributed by atoms with Crippen molar-refractivity contribution in [3.05, 3.63) is 0 Å². The zero-order valence-corrected chi connectivity index (χ0v) is 9.68. The molecule has 1 fully saturated rings. The minimum Gasteiger partial charge on any atom is -0.394 e. The van der Waals surface area contributed by atoms with Crippen LogP contribution in [0.4, 0.5) is 0 Å². The normalized spacial score (nSPS) is 30.6. The van der Waals surface area contributed by atoms with E-state index in [0.717, 1.165) is 25.8 Å². The van der Waals surface area contributed by atoms with E-state index in [9.17, 15) is 5.11 Å². The maximum absolute atomic E-state index is 9.39. The van der Waals surface area contributed by atoms with Gasteiger partial charge in [0.05, 0.1) is 18.8 Å². The number of hydrogen-bond donors (Lipinski definition) is 3. The van der Waals surface area contributed by atoms with Gasteiger partial charge >= 0.3 is 0 Å². The van der Waals surface area contributed by atoms with Crippen LogP contribution in [-0.2, 0) is 9.47 Å². The smallest absolute Gasteiger partial charge is 0.157 e. The largest absolute Gasteiger partial charge is 0.394 e. The zero-order valence-electron chi connectivity index (χ0n) is 9.68. The molecule has 0 saturated carbocycles. The molecule has 0 aliphatic carbocycles. The second kappa shape index (κ2) is 7.97. The van der Waals surface area contributed by atoms with Gasteiger partial charge in [-0.1, -0.05) is 0 Å². The minimum absolute atomic E-state index is 0.00113. The quantitative estimate of drug-likeness (QED) is 0.539. The lowest BCUT2D eigenvalue weighted by Crippen LogP contribution is -2.38. The summed E-state index contributed by atoms with van der Waals surface area (Å²) in [5.41, 5.74) is 5.39. The van der Waals surface area contributed by atoms with Gasteiger partial charge in [-0.15, -0.1) is 0 Å². The fourth-order valence-electron chi connectivity index (χ4n) is 1.87. The molecule has 0 spiro atoms. The summed E-state index contributed by atoms with van der Waals surface area (Å²) in [4.78, 5) is 0. The number of hydrogen-bond acceptors (Lipinski definition) is 5. The van der Waals surface area contributed by atoms with Crippen LogP contribution in [0.5, 0.6) is 0 Å². The Bertz CT molecular complexity index is 179. The first kappa shape index (κ1) is 13.9. The first-order valence-corrected chi connectivity index (χ1v) is 6.02. The lowest BCUT2D eigenvalue weighted by Gasteiger charge is -2.31. The van der Waals surface area contributed by atoms with Gasteiger partial charge in [-0.05, 0) is 25.8 Å². The second-order valence-corrected chi connectivity index (χ2v) is 4.21. The molecule has 3 atom stereocenters. The molecule has 0 amide bonds. The van der Waals surface area contributed by atoms with E-state index in [-0.39, 0.29) is 18.8 Å². The highest BCUT2D eigenvalue weighted by atomic mass is 16.6. The molecule has 5 heteroatoms.